The zero-order chi connectivity index (χ0) is 13.3. The Hall–Kier alpha value is -1.36. The summed E-state index contributed by atoms with van der Waals surface area (Å²) >= 11 is 5.89. The summed E-state index contributed by atoms with van der Waals surface area (Å²) in [5.41, 5.74) is 0. The number of hydrogen-bond acceptors (Lipinski definition) is 4. The number of carbonyl (C=O) groups excluding carboxylic acids is 3. The van der Waals surface area contributed by atoms with Gasteiger partial charge in [-0.3, -0.25) is 19.3 Å². The molecule has 0 bridgehead atoms. The third-order valence-electron chi connectivity index (χ3n) is 3.25. The summed E-state index contributed by atoms with van der Waals surface area (Å²) in [5, 5.41) is 0.607. The molecule has 2 aliphatic rings. The lowest BCUT2D eigenvalue weighted by atomic mass is 9.85. The Balaban J connectivity index is 2.09. The predicted molar refractivity (Wildman–Crippen MR) is 63.5 cm³/mol. The summed E-state index contributed by atoms with van der Waals surface area (Å²) in [6.07, 6.45) is 2.62. The Bertz CT molecular complexity index is 432. The second-order valence-corrected chi connectivity index (χ2v) is 4.86. The minimum Gasteiger partial charge on any atom is -0.465 e. The van der Waals surface area contributed by atoms with E-state index in [1.165, 1.54) is 0 Å². The van der Waals surface area contributed by atoms with E-state index in [4.69, 9.17) is 16.3 Å². The second-order valence-electron chi connectivity index (χ2n) is 4.37. The van der Waals surface area contributed by atoms with Gasteiger partial charge < -0.3 is 4.74 Å². The molecule has 98 valence electrons. The van der Waals surface area contributed by atoms with Crippen LogP contribution in [-0.4, -0.2) is 35.8 Å². The highest BCUT2D eigenvalue weighted by molar-refractivity contribution is 6.30. The fourth-order valence-electron chi connectivity index (χ4n) is 2.39. The van der Waals surface area contributed by atoms with E-state index in [1.54, 1.807) is 13.0 Å². The largest absolute Gasteiger partial charge is 0.465 e. The molecule has 1 heterocycles. The first kappa shape index (κ1) is 13.1. The summed E-state index contributed by atoms with van der Waals surface area (Å²) in [6, 6.07) is 0. The first-order chi connectivity index (χ1) is 8.54. The van der Waals surface area contributed by atoms with Crippen molar-refractivity contribution in [3.8, 4) is 0 Å². The van der Waals surface area contributed by atoms with Crippen LogP contribution in [0.5, 0.6) is 0 Å². The average Bonchev–Trinajstić information content (AvgIpc) is 2.55. The minimum atomic E-state index is -0.558. The maximum Gasteiger partial charge on any atom is 0.326 e. The van der Waals surface area contributed by atoms with Crippen LogP contribution in [0.3, 0.4) is 0 Å². The molecule has 0 spiro atoms. The van der Waals surface area contributed by atoms with Crippen LogP contribution in [0.2, 0.25) is 0 Å². The summed E-state index contributed by atoms with van der Waals surface area (Å²) in [6.45, 7) is 1.61. The van der Waals surface area contributed by atoms with Gasteiger partial charge >= 0.3 is 5.97 Å². The lowest BCUT2D eigenvalue weighted by molar-refractivity contribution is -0.152. The molecule has 0 aromatic carbocycles. The number of hydrogen-bond donors (Lipinski definition) is 0. The Kier molecular flexibility index (Phi) is 3.71. The molecule has 5 nitrogen and oxygen atoms in total. The summed E-state index contributed by atoms with van der Waals surface area (Å²) in [5.74, 6) is -1.95. The van der Waals surface area contributed by atoms with E-state index in [9.17, 15) is 14.4 Å². The lowest BCUT2D eigenvalue weighted by Gasteiger charge is -2.17. The quantitative estimate of drug-likeness (QED) is 0.569. The molecule has 0 unspecified atom stereocenters. The van der Waals surface area contributed by atoms with Gasteiger partial charge in [0.05, 0.1) is 18.4 Å². The minimum absolute atomic E-state index is 0.231. The molecule has 18 heavy (non-hydrogen) atoms. The number of amides is 2. The number of fused-ring (bicyclic) bond motifs is 1. The van der Waals surface area contributed by atoms with Crippen molar-refractivity contribution in [2.45, 2.75) is 19.8 Å². The van der Waals surface area contributed by atoms with Crippen molar-refractivity contribution in [1.82, 2.24) is 4.90 Å². The van der Waals surface area contributed by atoms with E-state index in [1.807, 2.05) is 0 Å². The van der Waals surface area contributed by atoms with E-state index in [-0.39, 0.29) is 30.9 Å². The molecule has 0 aromatic rings. The fraction of sp³-hybridized carbons (Fsp3) is 0.583. The van der Waals surface area contributed by atoms with Gasteiger partial charge in [0, 0.05) is 5.03 Å². The number of esters is 1. The monoisotopic (exact) mass is 271 g/mol. The van der Waals surface area contributed by atoms with E-state index < -0.39 is 11.9 Å². The number of rotatable bonds is 3. The number of nitrogens with zero attached hydrogens (tertiary/aromatic N) is 1. The van der Waals surface area contributed by atoms with Crippen molar-refractivity contribution in [3.05, 3.63) is 11.1 Å². The molecule has 0 saturated carbocycles. The van der Waals surface area contributed by atoms with E-state index >= 15 is 0 Å². The zero-order valence-corrected chi connectivity index (χ0v) is 10.8. The summed E-state index contributed by atoms with van der Waals surface area (Å²) in [7, 11) is 0. The van der Waals surface area contributed by atoms with Gasteiger partial charge in [0.1, 0.15) is 6.54 Å². The zero-order valence-electron chi connectivity index (χ0n) is 10.0. The van der Waals surface area contributed by atoms with E-state index in [0.29, 0.717) is 17.9 Å². The van der Waals surface area contributed by atoms with Gasteiger partial charge in [-0.15, -0.1) is 0 Å². The standard InChI is InChI=1S/C12H14ClNO4/c1-2-18-10(15)6-14-11(16)8-4-3-7(13)5-9(8)12(14)17/h3,8-9H,2,4-6H2,1H3/t8-,9-/m0/s1. The Morgan fingerprint density at radius 1 is 1.44 bits per heavy atom. The molecule has 0 aromatic heterocycles. The second kappa shape index (κ2) is 5.10. The number of carbonyl (C=O) groups is 3. The number of allylic oxidation sites excluding steroid dienone is 2. The molecule has 1 aliphatic heterocycles. The molecule has 0 N–H and O–H groups in total. The van der Waals surface area contributed by atoms with Crippen molar-refractivity contribution < 1.29 is 19.1 Å². The third-order valence-corrected chi connectivity index (χ3v) is 3.56. The summed E-state index contributed by atoms with van der Waals surface area (Å²) in [4.78, 5) is 36.4. The number of halogens is 1. The average molecular weight is 272 g/mol. The first-order valence-electron chi connectivity index (χ1n) is 5.90. The van der Waals surface area contributed by atoms with Crippen molar-refractivity contribution in [3.63, 3.8) is 0 Å². The van der Waals surface area contributed by atoms with Crippen molar-refractivity contribution in [2.75, 3.05) is 13.2 Å². The van der Waals surface area contributed by atoms with Gasteiger partial charge in [0.15, 0.2) is 0 Å². The highest BCUT2D eigenvalue weighted by Gasteiger charge is 2.48. The molecule has 2 atom stereocenters. The number of ether oxygens (including phenoxy) is 1. The smallest absolute Gasteiger partial charge is 0.326 e. The predicted octanol–water partition coefficient (Wildman–Crippen LogP) is 1.07. The van der Waals surface area contributed by atoms with Crippen molar-refractivity contribution in [1.29, 1.82) is 0 Å². The molecule has 1 saturated heterocycles. The number of imide groups is 1. The molecule has 6 heteroatoms. The molecule has 2 amide bonds. The van der Waals surface area contributed by atoms with Gasteiger partial charge in [0.2, 0.25) is 11.8 Å². The fourth-order valence-corrected chi connectivity index (χ4v) is 2.64. The molecule has 1 aliphatic carbocycles. The first-order valence-corrected chi connectivity index (χ1v) is 6.27. The van der Waals surface area contributed by atoms with Gasteiger partial charge in [-0.2, -0.15) is 0 Å². The van der Waals surface area contributed by atoms with Gasteiger partial charge in [0.25, 0.3) is 0 Å². The topological polar surface area (TPSA) is 63.7 Å². The molecular weight excluding hydrogens is 258 g/mol. The SMILES string of the molecule is CCOC(=O)CN1C(=O)[C@H]2CC=C(Cl)C[C@@H]2C1=O. The highest BCUT2D eigenvalue weighted by Crippen LogP contribution is 2.38. The Labute approximate surface area is 110 Å². The van der Waals surface area contributed by atoms with Gasteiger partial charge in [-0.25, -0.2) is 0 Å². The van der Waals surface area contributed by atoms with Crippen LogP contribution < -0.4 is 0 Å². The van der Waals surface area contributed by atoms with Crippen LogP contribution in [0, 0.1) is 11.8 Å². The van der Waals surface area contributed by atoms with Crippen LogP contribution >= 0.6 is 11.6 Å². The van der Waals surface area contributed by atoms with Crippen LogP contribution in [0.25, 0.3) is 0 Å². The Morgan fingerprint density at radius 3 is 2.78 bits per heavy atom. The molecular formula is C12H14ClNO4. The van der Waals surface area contributed by atoms with Crippen LogP contribution in [0.4, 0.5) is 0 Å². The maximum atomic E-state index is 12.0. The van der Waals surface area contributed by atoms with E-state index in [2.05, 4.69) is 0 Å². The molecule has 0 radical (unpaired) electrons. The molecule has 2 rings (SSSR count). The van der Waals surface area contributed by atoms with Gasteiger partial charge in [-0.1, -0.05) is 17.7 Å². The van der Waals surface area contributed by atoms with Crippen LogP contribution in [-0.2, 0) is 19.1 Å². The normalized spacial score (nSPS) is 27.0. The van der Waals surface area contributed by atoms with Gasteiger partial charge in [-0.05, 0) is 19.8 Å². The summed E-state index contributed by atoms with van der Waals surface area (Å²) < 4.78 is 4.75. The number of likely N-dealkylation sites (tertiary alicyclic amines) is 1. The third kappa shape index (κ3) is 2.27. The Morgan fingerprint density at radius 2 is 2.11 bits per heavy atom. The molecule has 1 fully saturated rings. The van der Waals surface area contributed by atoms with Crippen molar-refractivity contribution in [2.24, 2.45) is 11.8 Å². The lowest BCUT2D eigenvalue weighted by Crippen LogP contribution is -2.36. The van der Waals surface area contributed by atoms with Crippen LogP contribution in [0.15, 0.2) is 11.1 Å². The van der Waals surface area contributed by atoms with Crippen LogP contribution in [0.1, 0.15) is 19.8 Å². The van der Waals surface area contributed by atoms with Crippen molar-refractivity contribution >= 4 is 29.4 Å². The highest BCUT2D eigenvalue weighted by atomic mass is 35.5. The van der Waals surface area contributed by atoms with E-state index in [0.717, 1.165) is 4.90 Å². The maximum absolute atomic E-state index is 12.0.